The zero-order valence-corrected chi connectivity index (χ0v) is 16.0. The maximum absolute atomic E-state index is 13.0. The lowest BCUT2D eigenvalue weighted by atomic mass is 9.67. The van der Waals surface area contributed by atoms with Crippen molar-refractivity contribution in [3.8, 4) is 0 Å². The lowest BCUT2D eigenvalue weighted by Gasteiger charge is -2.37. The van der Waals surface area contributed by atoms with Crippen LogP contribution >= 0.6 is 0 Å². The summed E-state index contributed by atoms with van der Waals surface area (Å²) in [6.07, 6.45) is 7.31. The van der Waals surface area contributed by atoms with Gasteiger partial charge in [0.1, 0.15) is 18.7 Å². The van der Waals surface area contributed by atoms with Gasteiger partial charge in [0.05, 0.1) is 5.41 Å². The number of hydrogen-bond donors (Lipinski definition) is 3. The fourth-order valence-electron chi connectivity index (χ4n) is 4.37. The number of carbonyl (C=O) groups excluding carboxylic acids is 2. The number of amides is 2. The second-order valence-electron chi connectivity index (χ2n) is 7.80. The number of fused-ring (bicyclic) bond motifs is 1. The molecule has 2 amide bonds. The molecule has 0 radical (unpaired) electrons. The van der Waals surface area contributed by atoms with E-state index < -0.39 is 6.04 Å². The molecule has 1 aromatic carbocycles. The average molecular weight is 382 g/mol. The first-order valence-corrected chi connectivity index (χ1v) is 9.86. The van der Waals surface area contributed by atoms with Gasteiger partial charge in [-0.25, -0.2) is 9.67 Å². The monoisotopic (exact) mass is 382 g/mol. The van der Waals surface area contributed by atoms with Gasteiger partial charge in [0.2, 0.25) is 11.8 Å². The van der Waals surface area contributed by atoms with Gasteiger partial charge in [-0.15, -0.1) is 0 Å². The minimum absolute atomic E-state index is 0.110. The summed E-state index contributed by atoms with van der Waals surface area (Å²) in [6.45, 7) is 3.45. The van der Waals surface area contributed by atoms with Gasteiger partial charge in [-0.05, 0) is 56.5 Å². The Hall–Kier alpha value is -2.74. The highest BCUT2D eigenvalue weighted by Gasteiger charge is 2.49. The first-order valence-electron chi connectivity index (χ1n) is 9.86. The third-order valence-electron chi connectivity index (χ3n) is 6.11. The lowest BCUT2D eigenvalue weighted by Crippen LogP contribution is -2.44. The fourth-order valence-corrected chi connectivity index (χ4v) is 4.37. The third kappa shape index (κ3) is 3.52. The molecule has 3 N–H and O–H groups in total. The highest BCUT2D eigenvalue weighted by Crippen LogP contribution is 2.44. The smallest absolute Gasteiger partial charge is 0.249 e. The molecule has 1 unspecified atom stereocenters. The normalized spacial score (nSPS) is 25.0. The Morgan fingerprint density at radius 3 is 2.68 bits per heavy atom. The van der Waals surface area contributed by atoms with Crippen LogP contribution in [-0.4, -0.2) is 39.7 Å². The maximum atomic E-state index is 13.0. The van der Waals surface area contributed by atoms with E-state index in [9.17, 15) is 9.59 Å². The molecule has 0 bridgehead atoms. The molecule has 2 heterocycles. The molecule has 3 atom stereocenters. The largest absolute Gasteiger partial charge is 0.326 e. The molecule has 1 saturated heterocycles. The first-order chi connectivity index (χ1) is 13.6. The summed E-state index contributed by atoms with van der Waals surface area (Å²) in [7, 11) is 0. The minimum atomic E-state index is -0.459. The van der Waals surface area contributed by atoms with Gasteiger partial charge in [0, 0.05) is 17.9 Å². The highest BCUT2D eigenvalue weighted by atomic mass is 16.2. The van der Waals surface area contributed by atoms with Crippen LogP contribution in [0, 0.1) is 11.3 Å². The Morgan fingerprint density at radius 1 is 1.21 bits per heavy atom. The zero-order valence-electron chi connectivity index (χ0n) is 16.0. The maximum Gasteiger partial charge on any atom is 0.249 e. The van der Waals surface area contributed by atoms with Gasteiger partial charge in [0.25, 0.3) is 0 Å². The van der Waals surface area contributed by atoms with Crippen molar-refractivity contribution < 1.29 is 9.59 Å². The minimum Gasteiger partial charge on any atom is -0.326 e. The van der Waals surface area contributed by atoms with Gasteiger partial charge < -0.3 is 16.0 Å². The summed E-state index contributed by atoms with van der Waals surface area (Å²) in [6, 6.07) is 6.78. The van der Waals surface area contributed by atoms with E-state index in [4.69, 9.17) is 0 Å². The van der Waals surface area contributed by atoms with Crippen molar-refractivity contribution in [3.63, 3.8) is 0 Å². The molecule has 8 nitrogen and oxygen atoms in total. The van der Waals surface area contributed by atoms with E-state index in [-0.39, 0.29) is 17.2 Å². The second-order valence-corrected chi connectivity index (χ2v) is 7.80. The number of rotatable bonds is 5. The van der Waals surface area contributed by atoms with E-state index in [0.29, 0.717) is 11.6 Å². The van der Waals surface area contributed by atoms with Crippen LogP contribution < -0.4 is 16.0 Å². The number of carbonyl (C=O) groups is 2. The summed E-state index contributed by atoms with van der Waals surface area (Å²) in [5, 5.41) is 13.3. The fraction of sp³-hybridized carbons (Fsp3) is 0.500. The quantitative estimate of drug-likeness (QED) is 0.736. The van der Waals surface area contributed by atoms with Gasteiger partial charge in [-0.3, -0.25) is 9.59 Å². The number of nitrogens with zero attached hydrogens (tertiary/aromatic N) is 3. The summed E-state index contributed by atoms with van der Waals surface area (Å²) in [4.78, 5) is 29.2. The second kappa shape index (κ2) is 7.71. The summed E-state index contributed by atoms with van der Waals surface area (Å²) in [5.74, 6) is 0.361. The molecule has 2 fully saturated rings. The molecule has 1 saturated carbocycles. The van der Waals surface area contributed by atoms with E-state index >= 15 is 0 Å². The van der Waals surface area contributed by atoms with Gasteiger partial charge >= 0.3 is 0 Å². The van der Waals surface area contributed by atoms with Crippen molar-refractivity contribution in [2.75, 3.05) is 23.7 Å². The highest BCUT2D eigenvalue weighted by molar-refractivity contribution is 5.97. The third-order valence-corrected chi connectivity index (χ3v) is 6.11. The molecule has 1 aromatic heterocycles. The molecule has 4 rings (SSSR count). The number of nitrogens with one attached hydrogen (secondary N) is 3. The van der Waals surface area contributed by atoms with Crippen molar-refractivity contribution in [1.82, 2.24) is 20.1 Å². The van der Waals surface area contributed by atoms with Gasteiger partial charge in [-0.2, -0.15) is 5.10 Å². The van der Waals surface area contributed by atoms with Crippen LogP contribution in [0.25, 0.3) is 0 Å². The topological polar surface area (TPSA) is 101 Å². The predicted octanol–water partition coefficient (Wildman–Crippen LogP) is 2.20. The van der Waals surface area contributed by atoms with Crippen molar-refractivity contribution >= 4 is 23.2 Å². The van der Waals surface area contributed by atoms with E-state index in [1.807, 2.05) is 12.1 Å². The Bertz CT molecular complexity index is 835. The molecule has 2 aliphatic rings. The van der Waals surface area contributed by atoms with Crippen LogP contribution in [0.1, 0.15) is 38.6 Å². The van der Waals surface area contributed by atoms with Crippen molar-refractivity contribution in [1.29, 1.82) is 0 Å². The molecule has 0 spiro atoms. The molecular formula is C20H26N6O2. The Balaban J connectivity index is 1.38. The van der Waals surface area contributed by atoms with Crippen LogP contribution in [0.3, 0.4) is 0 Å². The van der Waals surface area contributed by atoms with Gasteiger partial charge in [-0.1, -0.05) is 12.8 Å². The molecule has 148 valence electrons. The molecule has 2 aromatic rings. The Kier molecular flexibility index (Phi) is 5.13. The van der Waals surface area contributed by atoms with E-state index in [1.54, 1.807) is 19.1 Å². The number of anilines is 2. The summed E-state index contributed by atoms with van der Waals surface area (Å²) < 4.78 is 1.50. The SMILES string of the molecule is CC(C(=O)Nc1ccc(NC(=O)[C@@]23CCCC[C@H]2CNC3)cc1)n1cncn1. The molecule has 8 heteroatoms. The van der Waals surface area contributed by atoms with E-state index in [1.165, 1.54) is 23.8 Å². The molecule has 28 heavy (non-hydrogen) atoms. The van der Waals surface area contributed by atoms with Crippen LogP contribution in [0.4, 0.5) is 11.4 Å². The molecule has 1 aliphatic carbocycles. The van der Waals surface area contributed by atoms with Crippen LogP contribution in [0.15, 0.2) is 36.9 Å². The van der Waals surface area contributed by atoms with Crippen molar-refractivity contribution in [2.45, 2.75) is 38.6 Å². The Morgan fingerprint density at radius 2 is 1.96 bits per heavy atom. The Labute approximate surface area is 164 Å². The van der Waals surface area contributed by atoms with Crippen LogP contribution in [-0.2, 0) is 9.59 Å². The van der Waals surface area contributed by atoms with E-state index in [2.05, 4.69) is 26.0 Å². The molecular weight excluding hydrogens is 356 g/mol. The standard InChI is InChI=1S/C20H26N6O2/c1-14(26-13-22-12-23-26)18(27)24-16-5-7-17(8-6-16)25-19(28)20-9-3-2-4-15(20)10-21-11-20/h5-8,12-15,21H,2-4,9-11H2,1H3,(H,24,27)(H,25,28)/t14?,15-,20+/m0/s1. The number of hydrogen-bond acceptors (Lipinski definition) is 5. The zero-order chi connectivity index (χ0) is 19.6. The lowest BCUT2D eigenvalue weighted by molar-refractivity contribution is -0.128. The first kappa shape index (κ1) is 18.6. The van der Waals surface area contributed by atoms with Gasteiger partial charge in [0.15, 0.2) is 0 Å². The number of benzene rings is 1. The summed E-state index contributed by atoms with van der Waals surface area (Å²) >= 11 is 0. The van der Waals surface area contributed by atoms with Crippen molar-refractivity contribution in [3.05, 3.63) is 36.9 Å². The predicted molar refractivity (Wildman–Crippen MR) is 106 cm³/mol. The number of aromatic nitrogens is 3. The average Bonchev–Trinajstić information content (AvgIpc) is 3.39. The molecule has 1 aliphatic heterocycles. The van der Waals surface area contributed by atoms with E-state index in [0.717, 1.165) is 38.0 Å². The van der Waals surface area contributed by atoms with Crippen LogP contribution in [0.2, 0.25) is 0 Å². The summed E-state index contributed by atoms with van der Waals surface area (Å²) in [5.41, 5.74) is 1.14. The van der Waals surface area contributed by atoms with Crippen LogP contribution in [0.5, 0.6) is 0 Å². The van der Waals surface area contributed by atoms with Crippen molar-refractivity contribution in [2.24, 2.45) is 11.3 Å².